The summed E-state index contributed by atoms with van der Waals surface area (Å²) in [5.41, 5.74) is 1.09. The number of nitrogens with zero attached hydrogens (tertiary/aromatic N) is 3. The molecule has 0 aromatic carbocycles. The van der Waals surface area contributed by atoms with E-state index in [0.717, 1.165) is 5.71 Å². The molecule has 0 bridgehead atoms. The molecule has 3 heteroatoms. The van der Waals surface area contributed by atoms with Crippen molar-refractivity contribution in [3.8, 4) is 0 Å². The van der Waals surface area contributed by atoms with Gasteiger partial charge in [-0.3, -0.25) is 10.0 Å². The third kappa shape index (κ3) is 1.39. The van der Waals surface area contributed by atoms with Crippen LogP contribution < -0.4 is 0 Å². The Morgan fingerprint density at radius 1 is 1.46 bits per heavy atom. The number of hydrogen-bond acceptors (Lipinski definition) is 3. The van der Waals surface area contributed by atoms with E-state index in [2.05, 4.69) is 41.1 Å². The van der Waals surface area contributed by atoms with Crippen LogP contribution >= 0.6 is 0 Å². The minimum absolute atomic E-state index is 0.213. The maximum Gasteiger partial charge on any atom is 0.148 e. The van der Waals surface area contributed by atoms with Crippen molar-refractivity contribution in [1.29, 1.82) is 0 Å². The first-order valence-electron chi connectivity index (χ1n) is 4.73. The van der Waals surface area contributed by atoms with Crippen LogP contribution in [-0.4, -0.2) is 29.1 Å². The van der Waals surface area contributed by atoms with Gasteiger partial charge in [0.25, 0.3) is 0 Å². The molecule has 0 N–H and O–H groups in total. The molecule has 0 aromatic rings. The smallest absolute Gasteiger partial charge is 0.148 e. The number of hydrogen-bond donors (Lipinski definition) is 0. The highest BCUT2D eigenvalue weighted by Gasteiger charge is 2.31. The van der Waals surface area contributed by atoms with Crippen molar-refractivity contribution in [3.63, 3.8) is 0 Å². The second kappa shape index (κ2) is 2.98. The van der Waals surface area contributed by atoms with E-state index in [-0.39, 0.29) is 6.17 Å². The van der Waals surface area contributed by atoms with Crippen molar-refractivity contribution in [2.75, 3.05) is 0 Å². The molecule has 70 valence electrons. The molecule has 0 radical (unpaired) electrons. The molecule has 0 saturated heterocycles. The number of rotatable bonds is 1. The molecule has 2 aliphatic rings. The van der Waals surface area contributed by atoms with Crippen LogP contribution in [-0.2, 0) is 0 Å². The normalized spacial score (nSPS) is 31.1. The van der Waals surface area contributed by atoms with Crippen LogP contribution in [0, 0.1) is 5.92 Å². The topological polar surface area (TPSA) is 28.0 Å². The lowest BCUT2D eigenvalue weighted by Gasteiger charge is -2.28. The molecule has 0 amide bonds. The highest BCUT2D eigenvalue weighted by molar-refractivity contribution is 5.94. The fourth-order valence-corrected chi connectivity index (χ4v) is 1.71. The minimum atomic E-state index is 0.213. The van der Waals surface area contributed by atoms with Crippen LogP contribution in [0.15, 0.2) is 22.2 Å². The predicted molar refractivity (Wildman–Crippen MR) is 55.0 cm³/mol. The first-order chi connectivity index (χ1) is 6.18. The van der Waals surface area contributed by atoms with Gasteiger partial charge in [-0.05, 0) is 26.8 Å². The summed E-state index contributed by atoms with van der Waals surface area (Å²) in [6.07, 6.45) is 6.44. The van der Waals surface area contributed by atoms with E-state index in [1.54, 1.807) is 0 Å². The Kier molecular flexibility index (Phi) is 1.94. The Hall–Kier alpha value is -1.12. The highest BCUT2D eigenvalue weighted by atomic mass is 15.5. The molecule has 0 saturated carbocycles. The Morgan fingerprint density at radius 3 is 2.92 bits per heavy atom. The molecule has 2 aliphatic heterocycles. The zero-order valence-corrected chi connectivity index (χ0v) is 8.31. The number of hydrazone groups is 1. The summed E-state index contributed by atoms with van der Waals surface area (Å²) in [5, 5.41) is 6.43. The van der Waals surface area contributed by atoms with Crippen molar-refractivity contribution >= 4 is 11.9 Å². The Morgan fingerprint density at radius 2 is 2.23 bits per heavy atom. The minimum Gasteiger partial charge on any atom is -0.270 e. The predicted octanol–water partition coefficient (Wildman–Crippen LogP) is 1.67. The molecular weight excluding hydrogens is 162 g/mol. The molecule has 0 aliphatic carbocycles. The van der Waals surface area contributed by atoms with Gasteiger partial charge in [-0.15, -0.1) is 0 Å². The fourth-order valence-electron chi connectivity index (χ4n) is 1.71. The first-order valence-corrected chi connectivity index (χ1v) is 4.73. The first kappa shape index (κ1) is 8.48. The fraction of sp³-hybridized carbons (Fsp3) is 0.600. The summed E-state index contributed by atoms with van der Waals surface area (Å²) in [4.78, 5) is 4.58. The number of dihydropyridines is 1. The number of fused-ring (bicyclic) bond motifs is 1. The van der Waals surface area contributed by atoms with Gasteiger partial charge in [0, 0.05) is 18.0 Å². The Labute approximate surface area is 78.8 Å². The van der Waals surface area contributed by atoms with E-state index < -0.39 is 0 Å². The molecule has 3 nitrogen and oxygen atoms in total. The molecule has 0 fully saturated rings. The van der Waals surface area contributed by atoms with Gasteiger partial charge in [-0.25, -0.2) is 0 Å². The van der Waals surface area contributed by atoms with Crippen LogP contribution in [0.1, 0.15) is 20.8 Å². The van der Waals surface area contributed by atoms with Crippen molar-refractivity contribution in [2.24, 2.45) is 16.0 Å². The molecule has 0 spiro atoms. The third-order valence-electron chi connectivity index (χ3n) is 2.41. The molecule has 2 atom stereocenters. The lowest BCUT2D eigenvalue weighted by molar-refractivity contribution is 0.173. The van der Waals surface area contributed by atoms with E-state index in [4.69, 9.17) is 0 Å². The van der Waals surface area contributed by atoms with E-state index in [1.807, 2.05) is 13.1 Å². The van der Waals surface area contributed by atoms with Gasteiger partial charge in [0.05, 0.1) is 5.92 Å². The number of allylic oxidation sites excluding steroid dienone is 1. The third-order valence-corrected chi connectivity index (χ3v) is 2.41. The maximum absolute atomic E-state index is 4.58. The quantitative estimate of drug-likeness (QED) is 0.598. The van der Waals surface area contributed by atoms with Gasteiger partial charge in [0.2, 0.25) is 0 Å². The van der Waals surface area contributed by atoms with E-state index in [9.17, 15) is 0 Å². The van der Waals surface area contributed by atoms with Crippen molar-refractivity contribution in [1.82, 2.24) is 5.01 Å². The average Bonchev–Trinajstić information content (AvgIpc) is 2.46. The van der Waals surface area contributed by atoms with E-state index in [0.29, 0.717) is 12.0 Å². The van der Waals surface area contributed by atoms with Crippen molar-refractivity contribution in [2.45, 2.75) is 33.0 Å². The highest BCUT2D eigenvalue weighted by Crippen LogP contribution is 2.25. The molecular formula is C10H15N3. The maximum atomic E-state index is 4.58. The van der Waals surface area contributed by atoms with Crippen LogP contribution in [0.2, 0.25) is 0 Å². The molecule has 13 heavy (non-hydrogen) atoms. The van der Waals surface area contributed by atoms with Gasteiger partial charge in [0.1, 0.15) is 6.17 Å². The van der Waals surface area contributed by atoms with Crippen molar-refractivity contribution in [3.05, 3.63) is 12.2 Å². The zero-order valence-electron chi connectivity index (χ0n) is 8.31. The van der Waals surface area contributed by atoms with Gasteiger partial charge >= 0.3 is 0 Å². The molecule has 2 heterocycles. The Balaban J connectivity index is 2.22. The van der Waals surface area contributed by atoms with E-state index in [1.165, 1.54) is 0 Å². The second-order valence-electron chi connectivity index (χ2n) is 3.86. The van der Waals surface area contributed by atoms with Crippen molar-refractivity contribution < 1.29 is 0 Å². The largest absolute Gasteiger partial charge is 0.270 e. The average molecular weight is 177 g/mol. The summed E-state index contributed by atoms with van der Waals surface area (Å²) in [7, 11) is 0. The SMILES string of the molecule is CC1=NC2C(C=C1)C=NN2C(C)C. The summed E-state index contributed by atoms with van der Waals surface area (Å²) in [5.74, 6) is 0.381. The Bertz CT molecular complexity index is 289. The monoisotopic (exact) mass is 177 g/mol. The zero-order chi connectivity index (χ0) is 9.42. The lowest BCUT2D eigenvalue weighted by atomic mass is 10.0. The van der Waals surface area contributed by atoms with Gasteiger partial charge < -0.3 is 0 Å². The summed E-state index contributed by atoms with van der Waals surface area (Å²) >= 11 is 0. The van der Waals surface area contributed by atoms with E-state index >= 15 is 0 Å². The molecule has 2 unspecified atom stereocenters. The van der Waals surface area contributed by atoms with Crippen LogP contribution in [0.3, 0.4) is 0 Å². The van der Waals surface area contributed by atoms with Gasteiger partial charge in [-0.2, -0.15) is 5.10 Å². The molecule has 0 aromatic heterocycles. The summed E-state index contributed by atoms with van der Waals surface area (Å²) < 4.78 is 0. The lowest BCUT2D eigenvalue weighted by Crippen LogP contribution is -2.36. The van der Waals surface area contributed by atoms with Gasteiger partial charge in [0.15, 0.2) is 0 Å². The summed E-state index contributed by atoms with van der Waals surface area (Å²) in [6.45, 7) is 6.31. The van der Waals surface area contributed by atoms with Crippen LogP contribution in [0.5, 0.6) is 0 Å². The second-order valence-corrected chi connectivity index (χ2v) is 3.86. The number of aliphatic imine (C=N–C) groups is 1. The molecule has 2 rings (SSSR count). The van der Waals surface area contributed by atoms with Crippen LogP contribution in [0.4, 0.5) is 0 Å². The van der Waals surface area contributed by atoms with Gasteiger partial charge in [-0.1, -0.05) is 6.08 Å². The standard InChI is InChI=1S/C10H15N3/c1-7(2)13-10-9(6-11-13)5-4-8(3)12-10/h4-7,9-10H,1-3H3. The summed E-state index contributed by atoms with van der Waals surface area (Å²) in [6, 6.07) is 0.425. The van der Waals surface area contributed by atoms with Crippen LogP contribution in [0.25, 0.3) is 0 Å².